The average Bonchev–Trinajstić information content (AvgIpc) is 3.21. The Bertz CT molecular complexity index is 1260. The lowest BCUT2D eigenvalue weighted by Gasteiger charge is -2.12. The molecule has 29 heavy (non-hydrogen) atoms. The first kappa shape index (κ1) is 18.8. The number of benzene rings is 2. The molecule has 0 fully saturated rings. The third kappa shape index (κ3) is 3.36. The summed E-state index contributed by atoms with van der Waals surface area (Å²) in [5.74, 6) is -0.222. The van der Waals surface area contributed by atoms with Gasteiger partial charge >= 0.3 is 0 Å². The molecule has 0 atom stereocenters. The SMILES string of the molecule is COc1ccccc1S(=O)(=O)n1nnc(-c2ccc(F)cc2)c1-c1ccncc1. The molecule has 0 spiro atoms. The predicted molar refractivity (Wildman–Crippen MR) is 104 cm³/mol. The standard InChI is InChI=1S/C20H15FN4O3S/c1-28-17-4-2-3-5-18(17)29(26,27)25-20(15-10-12-22-13-11-15)19(23-24-25)14-6-8-16(21)9-7-14/h2-13H,1H3. The van der Waals surface area contributed by atoms with E-state index in [-0.39, 0.29) is 16.3 Å². The molecule has 4 rings (SSSR count). The van der Waals surface area contributed by atoms with Crippen LogP contribution < -0.4 is 4.74 Å². The van der Waals surface area contributed by atoms with Crippen molar-refractivity contribution in [1.29, 1.82) is 0 Å². The fraction of sp³-hybridized carbons (Fsp3) is 0.0500. The van der Waals surface area contributed by atoms with E-state index in [1.807, 2.05) is 0 Å². The second-order valence-corrected chi connectivity index (χ2v) is 7.76. The van der Waals surface area contributed by atoms with Crippen molar-refractivity contribution in [3.8, 4) is 28.3 Å². The van der Waals surface area contributed by atoms with Gasteiger partial charge in [-0.2, -0.15) is 8.42 Å². The second kappa shape index (κ2) is 7.44. The molecular formula is C20H15FN4O3S. The Morgan fingerprint density at radius 1 is 0.931 bits per heavy atom. The van der Waals surface area contributed by atoms with Crippen LogP contribution in [0, 0.1) is 5.82 Å². The highest BCUT2D eigenvalue weighted by atomic mass is 32.2. The molecule has 146 valence electrons. The van der Waals surface area contributed by atoms with Gasteiger partial charge in [-0.1, -0.05) is 17.3 Å². The molecule has 0 bridgehead atoms. The number of nitrogens with zero attached hydrogens (tertiary/aromatic N) is 4. The zero-order chi connectivity index (χ0) is 20.4. The lowest BCUT2D eigenvalue weighted by Crippen LogP contribution is -2.17. The van der Waals surface area contributed by atoms with Crippen LogP contribution in [0.25, 0.3) is 22.5 Å². The molecule has 0 saturated carbocycles. The van der Waals surface area contributed by atoms with E-state index in [0.29, 0.717) is 16.8 Å². The van der Waals surface area contributed by atoms with E-state index in [2.05, 4.69) is 15.3 Å². The van der Waals surface area contributed by atoms with Crippen molar-refractivity contribution < 1.29 is 17.5 Å². The fourth-order valence-corrected chi connectivity index (χ4v) is 4.33. The minimum absolute atomic E-state index is 0.0478. The van der Waals surface area contributed by atoms with E-state index in [9.17, 15) is 12.8 Å². The third-order valence-corrected chi connectivity index (χ3v) is 5.89. The Labute approximate surface area is 166 Å². The molecule has 0 amide bonds. The maximum atomic E-state index is 13.4. The van der Waals surface area contributed by atoms with E-state index in [0.717, 1.165) is 4.09 Å². The van der Waals surface area contributed by atoms with Gasteiger partial charge in [0.2, 0.25) is 0 Å². The minimum Gasteiger partial charge on any atom is -0.495 e. The highest BCUT2D eigenvalue weighted by Gasteiger charge is 2.29. The van der Waals surface area contributed by atoms with E-state index in [1.54, 1.807) is 30.3 Å². The smallest absolute Gasteiger partial charge is 0.288 e. The zero-order valence-corrected chi connectivity index (χ0v) is 16.0. The molecule has 2 aromatic carbocycles. The molecule has 9 heteroatoms. The molecule has 0 radical (unpaired) electrons. The summed E-state index contributed by atoms with van der Waals surface area (Å²) in [6.07, 6.45) is 3.08. The van der Waals surface area contributed by atoms with Crippen molar-refractivity contribution in [3.05, 3.63) is 78.9 Å². The molecule has 0 aliphatic rings. The Morgan fingerprint density at radius 2 is 1.62 bits per heavy atom. The summed E-state index contributed by atoms with van der Waals surface area (Å²) < 4.78 is 46.3. The number of pyridine rings is 1. The van der Waals surface area contributed by atoms with Crippen LogP contribution >= 0.6 is 0 Å². The van der Waals surface area contributed by atoms with Gasteiger partial charge in [0.15, 0.2) is 0 Å². The topological polar surface area (TPSA) is 87.0 Å². The number of ether oxygens (including phenoxy) is 1. The zero-order valence-electron chi connectivity index (χ0n) is 15.2. The van der Waals surface area contributed by atoms with Gasteiger partial charge in [-0.15, -0.1) is 9.19 Å². The van der Waals surface area contributed by atoms with Gasteiger partial charge in [0.05, 0.1) is 7.11 Å². The molecule has 4 aromatic rings. The van der Waals surface area contributed by atoms with E-state index >= 15 is 0 Å². The van der Waals surface area contributed by atoms with Crippen LogP contribution in [0.4, 0.5) is 4.39 Å². The van der Waals surface area contributed by atoms with Crippen LogP contribution in [0.5, 0.6) is 5.75 Å². The van der Waals surface area contributed by atoms with Crippen molar-refractivity contribution >= 4 is 10.0 Å². The minimum atomic E-state index is -4.13. The normalized spacial score (nSPS) is 11.4. The van der Waals surface area contributed by atoms with Gasteiger partial charge in [0, 0.05) is 23.5 Å². The predicted octanol–water partition coefficient (Wildman–Crippen LogP) is 3.39. The van der Waals surface area contributed by atoms with Gasteiger partial charge < -0.3 is 4.74 Å². The first-order chi connectivity index (χ1) is 14.0. The van der Waals surface area contributed by atoms with Crippen molar-refractivity contribution in [1.82, 2.24) is 19.4 Å². The highest BCUT2D eigenvalue weighted by Crippen LogP contribution is 2.34. The molecule has 0 N–H and O–H groups in total. The largest absolute Gasteiger partial charge is 0.495 e. The van der Waals surface area contributed by atoms with Crippen LogP contribution in [0.1, 0.15) is 0 Å². The number of halogens is 1. The monoisotopic (exact) mass is 410 g/mol. The Balaban J connectivity index is 1.98. The molecule has 2 heterocycles. The molecule has 7 nitrogen and oxygen atoms in total. The average molecular weight is 410 g/mol. The lowest BCUT2D eigenvalue weighted by atomic mass is 10.1. The summed E-state index contributed by atoms with van der Waals surface area (Å²) in [5.41, 5.74) is 1.61. The van der Waals surface area contributed by atoms with Crippen LogP contribution in [0.15, 0.2) is 78.0 Å². The lowest BCUT2D eigenvalue weighted by molar-refractivity contribution is 0.402. The molecule has 2 aromatic heterocycles. The Morgan fingerprint density at radius 3 is 2.31 bits per heavy atom. The molecule has 0 unspecified atom stereocenters. The van der Waals surface area contributed by atoms with Gasteiger partial charge in [-0.05, 0) is 48.5 Å². The van der Waals surface area contributed by atoms with Crippen molar-refractivity contribution in [3.63, 3.8) is 0 Å². The van der Waals surface area contributed by atoms with Crippen molar-refractivity contribution in [2.75, 3.05) is 7.11 Å². The summed E-state index contributed by atoms with van der Waals surface area (Å²) in [6, 6.07) is 15.2. The summed E-state index contributed by atoms with van der Waals surface area (Å²) >= 11 is 0. The highest BCUT2D eigenvalue weighted by molar-refractivity contribution is 7.90. The number of rotatable bonds is 5. The number of para-hydroxylation sites is 1. The van der Waals surface area contributed by atoms with Gasteiger partial charge in [-0.3, -0.25) is 4.98 Å². The van der Waals surface area contributed by atoms with Crippen LogP contribution in [-0.4, -0.2) is 34.9 Å². The molecule has 0 aliphatic carbocycles. The number of hydrogen-bond acceptors (Lipinski definition) is 6. The Kier molecular flexibility index (Phi) is 4.81. The first-order valence-corrected chi connectivity index (χ1v) is 9.97. The summed E-state index contributed by atoms with van der Waals surface area (Å²) in [5, 5.41) is 8.01. The van der Waals surface area contributed by atoms with Crippen molar-refractivity contribution in [2.45, 2.75) is 4.90 Å². The maximum Gasteiger partial charge on any atom is 0.288 e. The van der Waals surface area contributed by atoms with E-state index in [1.165, 1.54) is 49.8 Å². The van der Waals surface area contributed by atoms with Crippen molar-refractivity contribution in [2.24, 2.45) is 0 Å². The van der Waals surface area contributed by atoms with Gasteiger partial charge in [-0.25, -0.2) is 4.39 Å². The molecular weight excluding hydrogens is 395 g/mol. The quantitative estimate of drug-likeness (QED) is 0.501. The fourth-order valence-electron chi connectivity index (χ4n) is 2.92. The molecule has 0 aliphatic heterocycles. The molecule has 0 saturated heterocycles. The van der Waals surface area contributed by atoms with Crippen LogP contribution in [0.3, 0.4) is 0 Å². The second-order valence-electron chi connectivity index (χ2n) is 6.03. The van der Waals surface area contributed by atoms with E-state index in [4.69, 9.17) is 4.74 Å². The number of aromatic nitrogens is 4. The van der Waals surface area contributed by atoms with Crippen LogP contribution in [-0.2, 0) is 10.0 Å². The van der Waals surface area contributed by atoms with Gasteiger partial charge in [0.1, 0.15) is 27.9 Å². The third-order valence-electron chi connectivity index (χ3n) is 4.29. The van der Waals surface area contributed by atoms with Gasteiger partial charge in [0.25, 0.3) is 10.0 Å². The first-order valence-electron chi connectivity index (χ1n) is 8.53. The summed E-state index contributed by atoms with van der Waals surface area (Å²) in [4.78, 5) is 3.93. The van der Waals surface area contributed by atoms with Crippen LogP contribution in [0.2, 0.25) is 0 Å². The number of hydrogen-bond donors (Lipinski definition) is 0. The van der Waals surface area contributed by atoms with E-state index < -0.39 is 15.8 Å². The maximum absolute atomic E-state index is 13.4. The summed E-state index contributed by atoms with van der Waals surface area (Å²) in [6.45, 7) is 0. The number of methoxy groups -OCH3 is 1. The Hall–Kier alpha value is -3.59. The summed E-state index contributed by atoms with van der Waals surface area (Å²) in [7, 11) is -2.74.